The number of benzene rings is 1. The van der Waals surface area contributed by atoms with Gasteiger partial charge in [0.15, 0.2) is 0 Å². The van der Waals surface area contributed by atoms with Gasteiger partial charge in [-0.05, 0) is 25.1 Å². The fraction of sp³-hybridized carbons (Fsp3) is 0.250. The first-order valence-corrected chi connectivity index (χ1v) is 5.88. The van der Waals surface area contributed by atoms with E-state index >= 15 is 0 Å². The van der Waals surface area contributed by atoms with Gasteiger partial charge in [0.1, 0.15) is 16.6 Å². The summed E-state index contributed by atoms with van der Waals surface area (Å²) < 4.78 is 18.4. The lowest BCUT2D eigenvalue weighted by Gasteiger charge is -2.05. The summed E-state index contributed by atoms with van der Waals surface area (Å²) in [5.41, 5.74) is 1.37. The third-order valence-corrected chi connectivity index (χ3v) is 3.60. The molecule has 1 N–H and O–H groups in total. The van der Waals surface area contributed by atoms with Crippen molar-refractivity contribution in [3.63, 3.8) is 0 Å². The summed E-state index contributed by atoms with van der Waals surface area (Å²) in [5.74, 6) is 0.240. The molecule has 1 aromatic carbocycles. The SMILES string of the molecule is COc1ccc(F)cc1-c1nc(C)c(CO)s1. The van der Waals surface area contributed by atoms with Crippen LogP contribution in [0.5, 0.6) is 5.75 Å². The maximum atomic E-state index is 13.2. The van der Waals surface area contributed by atoms with Gasteiger partial charge in [-0.15, -0.1) is 11.3 Å². The molecule has 0 saturated heterocycles. The molecule has 0 fully saturated rings. The molecule has 0 saturated carbocycles. The molecular formula is C12H12FNO2S. The van der Waals surface area contributed by atoms with Gasteiger partial charge in [-0.2, -0.15) is 0 Å². The second kappa shape index (κ2) is 4.81. The highest BCUT2D eigenvalue weighted by atomic mass is 32.1. The predicted molar refractivity (Wildman–Crippen MR) is 64.7 cm³/mol. The summed E-state index contributed by atoms with van der Waals surface area (Å²) >= 11 is 1.34. The van der Waals surface area contributed by atoms with Crippen LogP contribution < -0.4 is 4.74 Å². The molecule has 3 nitrogen and oxygen atoms in total. The van der Waals surface area contributed by atoms with Crippen LogP contribution in [0.25, 0.3) is 10.6 Å². The molecule has 1 heterocycles. The molecule has 2 rings (SSSR count). The largest absolute Gasteiger partial charge is 0.496 e. The Hall–Kier alpha value is -1.46. The summed E-state index contributed by atoms with van der Waals surface area (Å²) in [5, 5.41) is 9.78. The summed E-state index contributed by atoms with van der Waals surface area (Å²) in [7, 11) is 1.53. The fourth-order valence-corrected chi connectivity index (χ4v) is 2.48. The summed E-state index contributed by atoms with van der Waals surface area (Å²) in [4.78, 5) is 5.10. The monoisotopic (exact) mass is 253 g/mol. The Morgan fingerprint density at radius 1 is 1.47 bits per heavy atom. The van der Waals surface area contributed by atoms with Crippen molar-refractivity contribution in [2.45, 2.75) is 13.5 Å². The second-order valence-corrected chi connectivity index (χ2v) is 4.61. The molecule has 0 spiro atoms. The van der Waals surface area contributed by atoms with Gasteiger partial charge in [0.05, 0.1) is 29.9 Å². The minimum Gasteiger partial charge on any atom is -0.496 e. The first-order chi connectivity index (χ1) is 8.15. The Balaban J connectivity index is 2.54. The first kappa shape index (κ1) is 12.0. The molecule has 0 aliphatic carbocycles. The van der Waals surface area contributed by atoms with Crippen LogP contribution in [-0.4, -0.2) is 17.2 Å². The van der Waals surface area contributed by atoms with Crippen LogP contribution in [0.1, 0.15) is 10.6 Å². The Morgan fingerprint density at radius 2 is 2.24 bits per heavy atom. The van der Waals surface area contributed by atoms with Crippen LogP contribution in [0.3, 0.4) is 0 Å². The summed E-state index contributed by atoms with van der Waals surface area (Å²) in [6.45, 7) is 1.76. The zero-order chi connectivity index (χ0) is 12.4. The molecule has 2 aromatic rings. The molecule has 17 heavy (non-hydrogen) atoms. The number of rotatable bonds is 3. The molecule has 5 heteroatoms. The van der Waals surface area contributed by atoms with Gasteiger partial charge in [-0.25, -0.2) is 9.37 Å². The van der Waals surface area contributed by atoms with E-state index in [0.717, 1.165) is 10.6 Å². The Labute approximate surface area is 103 Å². The van der Waals surface area contributed by atoms with Crippen LogP contribution in [0.4, 0.5) is 4.39 Å². The van der Waals surface area contributed by atoms with Crippen molar-refractivity contribution >= 4 is 11.3 Å². The van der Waals surface area contributed by atoms with E-state index in [1.807, 2.05) is 6.92 Å². The van der Waals surface area contributed by atoms with E-state index in [-0.39, 0.29) is 12.4 Å². The van der Waals surface area contributed by atoms with Gasteiger partial charge in [0.25, 0.3) is 0 Å². The van der Waals surface area contributed by atoms with Gasteiger partial charge < -0.3 is 9.84 Å². The first-order valence-electron chi connectivity index (χ1n) is 5.06. The summed E-state index contributed by atoms with van der Waals surface area (Å²) in [6, 6.07) is 4.30. The molecule has 0 aliphatic rings. The van der Waals surface area contributed by atoms with E-state index in [0.29, 0.717) is 16.3 Å². The smallest absolute Gasteiger partial charge is 0.129 e. The molecule has 0 bridgehead atoms. The Morgan fingerprint density at radius 3 is 2.82 bits per heavy atom. The fourth-order valence-electron chi connectivity index (χ4n) is 1.54. The van der Waals surface area contributed by atoms with E-state index < -0.39 is 0 Å². The number of hydrogen-bond donors (Lipinski definition) is 1. The zero-order valence-electron chi connectivity index (χ0n) is 9.53. The van der Waals surface area contributed by atoms with Crippen LogP contribution in [-0.2, 0) is 6.61 Å². The van der Waals surface area contributed by atoms with Gasteiger partial charge in [0, 0.05) is 0 Å². The van der Waals surface area contributed by atoms with E-state index in [1.54, 1.807) is 6.07 Å². The van der Waals surface area contributed by atoms with Gasteiger partial charge >= 0.3 is 0 Å². The van der Waals surface area contributed by atoms with Crippen LogP contribution >= 0.6 is 11.3 Å². The van der Waals surface area contributed by atoms with Crippen molar-refractivity contribution in [3.8, 4) is 16.3 Å². The topological polar surface area (TPSA) is 42.4 Å². The maximum Gasteiger partial charge on any atom is 0.129 e. The number of aryl methyl sites for hydroxylation is 1. The van der Waals surface area contributed by atoms with Gasteiger partial charge in [-0.1, -0.05) is 0 Å². The molecule has 1 aromatic heterocycles. The number of nitrogens with zero attached hydrogens (tertiary/aromatic N) is 1. The van der Waals surface area contributed by atoms with E-state index in [4.69, 9.17) is 9.84 Å². The Bertz CT molecular complexity index is 539. The van der Waals surface area contributed by atoms with Crippen LogP contribution in [0.2, 0.25) is 0 Å². The standard InChI is InChI=1S/C12H12FNO2S/c1-7-11(6-15)17-12(14-7)9-5-8(13)3-4-10(9)16-2/h3-5,15H,6H2,1-2H3. The molecule has 0 amide bonds. The number of methoxy groups -OCH3 is 1. The van der Waals surface area contributed by atoms with Crippen LogP contribution in [0.15, 0.2) is 18.2 Å². The number of ether oxygens (including phenoxy) is 1. The molecule has 90 valence electrons. The van der Waals surface area contributed by atoms with Crippen molar-refractivity contribution in [1.29, 1.82) is 0 Å². The van der Waals surface area contributed by atoms with Crippen molar-refractivity contribution in [3.05, 3.63) is 34.6 Å². The zero-order valence-corrected chi connectivity index (χ0v) is 10.3. The minimum atomic E-state index is -0.334. The third kappa shape index (κ3) is 2.30. The van der Waals surface area contributed by atoms with E-state index in [1.165, 1.54) is 30.6 Å². The van der Waals surface area contributed by atoms with Crippen LogP contribution in [0, 0.1) is 12.7 Å². The van der Waals surface area contributed by atoms with Gasteiger partial charge in [0.2, 0.25) is 0 Å². The lowest BCUT2D eigenvalue weighted by atomic mass is 10.2. The third-order valence-electron chi connectivity index (χ3n) is 2.43. The Kier molecular flexibility index (Phi) is 3.40. The molecule has 0 radical (unpaired) electrons. The quantitative estimate of drug-likeness (QED) is 0.914. The van der Waals surface area contributed by atoms with E-state index in [9.17, 15) is 4.39 Å². The normalized spacial score (nSPS) is 10.6. The summed E-state index contributed by atoms with van der Waals surface area (Å²) in [6.07, 6.45) is 0. The maximum absolute atomic E-state index is 13.2. The minimum absolute atomic E-state index is 0.0544. The number of thiazole rings is 1. The van der Waals surface area contributed by atoms with E-state index in [2.05, 4.69) is 4.98 Å². The van der Waals surface area contributed by atoms with Crippen molar-refractivity contribution < 1.29 is 14.2 Å². The average Bonchev–Trinajstić information content (AvgIpc) is 2.70. The number of aromatic nitrogens is 1. The number of aliphatic hydroxyl groups is 1. The number of halogens is 1. The lowest BCUT2D eigenvalue weighted by molar-refractivity contribution is 0.284. The lowest BCUT2D eigenvalue weighted by Crippen LogP contribution is -1.88. The molecule has 0 unspecified atom stereocenters. The van der Waals surface area contributed by atoms with Gasteiger partial charge in [-0.3, -0.25) is 0 Å². The highest BCUT2D eigenvalue weighted by Crippen LogP contribution is 2.34. The number of hydrogen-bond acceptors (Lipinski definition) is 4. The second-order valence-electron chi connectivity index (χ2n) is 3.53. The average molecular weight is 253 g/mol. The highest BCUT2D eigenvalue weighted by molar-refractivity contribution is 7.15. The molecular weight excluding hydrogens is 241 g/mol. The molecule has 0 atom stereocenters. The highest BCUT2D eigenvalue weighted by Gasteiger charge is 2.13. The number of aliphatic hydroxyl groups excluding tert-OH is 1. The molecule has 0 aliphatic heterocycles. The van der Waals surface area contributed by atoms with Crippen molar-refractivity contribution in [2.75, 3.05) is 7.11 Å². The van der Waals surface area contributed by atoms with Crippen molar-refractivity contribution in [1.82, 2.24) is 4.98 Å². The predicted octanol–water partition coefficient (Wildman–Crippen LogP) is 2.76. The van der Waals surface area contributed by atoms with Crippen molar-refractivity contribution in [2.24, 2.45) is 0 Å².